The van der Waals surface area contributed by atoms with E-state index in [9.17, 15) is 4.79 Å². The fraction of sp³-hybridized carbons (Fsp3) is 0.889. The summed E-state index contributed by atoms with van der Waals surface area (Å²) in [7, 11) is 1.66. The highest BCUT2D eigenvalue weighted by Crippen LogP contribution is 2.08. The summed E-state index contributed by atoms with van der Waals surface area (Å²) >= 11 is 0. The number of hydrogen-bond acceptors (Lipinski definition) is 3. The van der Waals surface area contributed by atoms with Crippen molar-refractivity contribution in [1.82, 2.24) is 10.2 Å². The molecule has 0 aromatic heterocycles. The van der Waals surface area contributed by atoms with Crippen LogP contribution in [0.2, 0.25) is 0 Å². The van der Waals surface area contributed by atoms with Crippen LogP contribution in [0.4, 0.5) is 4.79 Å². The summed E-state index contributed by atoms with van der Waals surface area (Å²) in [5.41, 5.74) is -0.902. The van der Waals surface area contributed by atoms with Crippen molar-refractivity contribution in [2.75, 3.05) is 26.8 Å². The van der Waals surface area contributed by atoms with Gasteiger partial charge in [0.15, 0.2) is 0 Å². The Bertz CT molecular complexity index is 173. The molecular weight excluding hydrogens is 184 g/mol. The van der Waals surface area contributed by atoms with Crippen LogP contribution in [0.15, 0.2) is 0 Å². The Morgan fingerprint density at radius 3 is 2.14 bits per heavy atom. The molecule has 0 saturated carbocycles. The number of hydrogen-bond donors (Lipinski definition) is 3. The molecule has 0 bridgehead atoms. The lowest BCUT2D eigenvalue weighted by atomic mass is 9.99. The lowest BCUT2D eigenvalue weighted by Crippen LogP contribution is -2.56. The van der Waals surface area contributed by atoms with Gasteiger partial charge in [0.25, 0.3) is 0 Å². The van der Waals surface area contributed by atoms with Gasteiger partial charge in [-0.1, -0.05) is 6.92 Å². The maximum Gasteiger partial charge on any atom is 0.317 e. The molecule has 2 amide bonds. The molecule has 0 aromatic rings. The van der Waals surface area contributed by atoms with Gasteiger partial charge >= 0.3 is 6.03 Å². The molecule has 0 fully saturated rings. The lowest BCUT2D eigenvalue weighted by Gasteiger charge is -2.31. The summed E-state index contributed by atoms with van der Waals surface area (Å²) < 4.78 is 0. The molecule has 14 heavy (non-hydrogen) atoms. The molecule has 0 aliphatic heterocycles. The second-order valence-electron chi connectivity index (χ2n) is 3.39. The van der Waals surface area contributed by atoms with E-state index in [4.69, 9.17) is 10.2 Å². The van der Waals surface area contributed by atoms with E-state index in [1.807, 2.05) is 6.92 Å². The van der Waals surface area contributed by atoms with Gasteiger partial charge in [-0.15, -0.1) is 0 Å². The van der Waals surface area contributed by atoms with Crippen LogP contribution in [0.1, 0.15) is 20.3 Å². The summed E-state index contributed by atoms with van der Waals surface area (Å²) in [6.45, 7) is 3.72. The minimum absolute atomic E-state index is 0.261. The maximum absolute atomic E-state index is 11.5. The number of carbonyl (C=O) groups is 1. The second kappa shape index (κ2) is 5.82. The molecule has 0 radical (unpaired) electrons. The molecule has 0 rings (SSSR count). The van der Waals surface area contributed by atoms with Crippen LogP contribution in [0.5, 0.6) is 0 Å². The summed E-state index contributed by atoms with van der Waals surface area (Å²) in [4.78, 5) is 12.9. The quantitative estimate of drug-likeness (QED) is 0.580. The molecule has 84 valence electrons. The number of nitrogens with zero attached hydrogens (tertiary/aromatic N) is 1. The monoisotopic (exact) mass is 204 g/mol. The van der Waals surface area contributed by atoms with E-state index < -0.39 is 5.54 Å². The topological polar surface area (TPSA) is 72.8 Å². The second-order valence-corrected chi connectivity index (χ2v) is 3.39. The molecule has 3 N–H and O–H groups in total. The highest BCUT2D eigenvalue weighted by molar-refractivity contribution is 5.74. The molecule has 0 aliphatic carbocycles. The molecule has 0 spiro atoms. The zero-order valence-corrected chi connectivity index (χ0v) is 9.08. The van der Waals surface area contributed by atoms with Crippen LogP contribution in [0.25, 0.3) is 0 Å². The van der Waals surface area contributed by atoms with Gasteiger partial charge in [0.05, 0.1) is 18.8 Å². The molecule has 0 aromatic carbocycles. The van der Waals surface area contributed by atoms with Crippen molar-refractivity contribution in [2.45, 2.75) is 25.8 Å². The van der Waals surface area contributed by atoms with Crippen LogP contribution in [0, 0.1) is 0 Å². The predicted molar refractivity (Wildman–Crippen MR) is 54.0 cm³/mol. The minimum atomic E-state index is -0.902. The highest BCUT2D eigenvalue weighted by atomic mass is 16.3. The Morgan fingerprint density at radius 1 is 1.36 bits per heavy atom. The first kappa shape index (κ1) is 13.2. The largest absolute Gasteiger partial charge is 0.394 e. The van der Waals surface area contributed by atoms with Crippen molar-refractivity contribution < 1.29 is 15.0 Å². The molecule has 0 unspecified atom stereocenters. The van der Waals surface area contributed by atoms with E-state index in [1.165, 1.54) is 4.90 Å². The molecule has 0 atom stereocenters. The standard InChI is InChI=1S/C9H20N2O3/c1-4-9(6-12,7-13)10-8(14)11(3)5-2/h12-13H,4-7H2,1-3H3,(H,10,14). The number of aliphatic hydroxyl groups excluding tert-OH is 2. The molecule has 0 saturated heterocycles. The summed E-state index contributed by atoms with van der Waals surface area (Å²) in [6.07, 6.45) is 0.489. The van der Waals surface area contributed by atoms with Crippen molar-refractivity contribution >= 4 is 6.03 Å². The molecule has 5 heteroatoms. The number of rotatable bonds is 5. The number of aliphatic hydroxyl groups is 2. The van der Waals surface area contributed by atoms with Crippen molar-refractivity contribution in [3.8, 4) is 0 Å². The van der Waals surface area contributed by atoms with Gasteiger partial charge in [-0.25, -0.2) is 4.79 Å². The summed E-state index contributed by atoms with van der Waals surface area (Å²) in [6, 6.07) is -0.280. The van der Waals surface area contributed by atoms with Gasteiger partial charge in [0, 0.05) is 13.6 Å². The normalized spacial score (nSPS) is 11.2. The average Bonchev–Trinajstić information content (AvgIpc) is 2.24. The van der Waals surface area contributed by atoms with E-state index in [2.05, 4.69) is 5.32 Å². The first-order valence-electron chi connectivity index (χ1n) is 4.80. The van der Waals surface area contributed by atoms with Crippen LogP contribution >= 0.6 is 0 Å². The third-order valence-corrected chi connectivity index (χ3v) is 2.48. The molecule has 0 aliphatic rings. The Kier molecular flexibility index (Phi) is 5.49. The zero-order chi connectivity index (χ0) is 11.2. The Hall–Kier alpha value is -0.810. The fourth-order valence-corrected chi connectivity index (χ4v) is 0.907. The summed E-state index contributed by atoms with van der Waals surface area (Å²) in [5.74, 6) is 0. The van der Waals surface area contributed by atoms with Crippen molar-refractivity contribution in [3.05, 3.63) is 0 Å². The van der Waals surface area contributed by atoms with E-state index in [-0.39, 0.29) is 19.2 Å². The van der Waals surface area contributed by atoms with Gasteiger partial charge in [0.1, 0.15) is 0 Å². The lowest BCUT2D eigenvalue weighted by molar-refractivity contribution is 0.0882. The van der Waals surface area contributed by atoms with E-state index >= 15 is 0 Å². The third-order valence-electron chi connectivity index (χ3n) is 2.48. The Labute approximate surface area is 84.7 Å². The van der Waals surface area contributed by atoms with Gasteiger partial charge in [-0.2, -0.15) is 0 Å². The minimum Gasteiger partial charge on any atom is -0.394 e. The van der Waals surface area contributed by atoms with Crippen molar-refractivity contribution in [3.63, 3.8) is 0 Å². The Balaban J connectivity index is 4.37. The van der Waals surface area contributed by atoms with E-state index in [0.717, 1.165) is 0 Å². The molecular formula is C9H20N2O3. The predicted octanol–water partition coefficient (Wildman–Crippen LogP) is -0.219. The summed E-state index contributed by atoms with van der Waals surface area (Å²) in [5, 5.41) is 20.8. The van der Waals surface area contributed by atoms with Crippen molar-refractivity contribution in [2.24, 2.45) is 0 Å². The third kappa shape index (κ3) is 3.16. The molecule has 5 nitrogen and oxygen atoms in total. The van der Waals surface area contributed by atoms with Gasteiger partial charge < -0.3 is 20.4 Å². The SMILES string of the molecule is CCN(C)C(=O)NC(CC)(CO)CO. The van der Waals surface area contributed by atoms with Gasteiger partial charge in [0.2, 0.25) is 0 Å². The van der Waals surface area contributed by atoms with Gasteiger partial charge in [-0.3, -0.25) is 0 Å². The maximum atomic E-state index is 11.5. The smallest absolute Gasteiger partial charge is 0.317 e. The van der Waals surface area contributed by atoms with Crippen molar-refractivity contribution in [1.29, 1.82) is 0 Å². The van der Waals surface area contributed by atoms with Crippen LogP contribution in [-0.4, -0.2) is 53.5 Å². The number of amides is 2. The first-order valence-corrected chi connectivity index (χ1v) is 4.80. The zero-order valence-electron chi connectivity index (χ0n) is 9.08. The number of nitrogens with one attached hydrogen (secondary N) is 1. The highest BCUT2D eigenvalue weighted by Gasteiger charge is 2.29. The Morgan fingerprint density at radius 2 is 1.86 bits per heavy atom. The van der Waals surface area contributed by atoms with E-state index in [1.54, 1.807) is 14.0 Å². The average molecular weight is 204 g/mol. The molecule has 0 heterocycles. The number of urea groups is 1. The fourth-order valence-electron chi connectivity index (χ4n) is 0.907. The van der Waals surface area contributed by atoms with E-state index in [0.29, 0.717) is 13.0 Å². The first-order chi connectivity index (χ1) is 6.55. The number of carbonyl (C=O) groups excluding carboxylic acids is 1. The van der Waals surface area contributed by atoms with Crippen LogP contribution in [0.3, 0.4) is 0 Å². The van der Waals surface area contributed by atoms with Gasteiger partial charge in [-0.05, 0) is 13.3 Å². The van der Waals surface area contributed by atoms with Crippen LogP contribution < -0.4 is 5.32 Å². The van der Waals surface area contributed by atoms with Crippen LogP contribution in [-0.2, 0) is 0 Å².